The molecule has 78 valence electrons. The fourth-order valence-electron chi connectivity index (χ4n) is 0.522. The van der Waals surface area contributed by atoms with Gasteiger partial charge in [-0.05, 0) is 0 Å². The summed E-state index contributed by atoms with van der Waals surface area (Å²) in [6, 6.07) is 0. The van der Waals surface area contributed by atoms with Crippen LogP contribution in [-0.2, 0) is 9.53 Å². The van der Waals surface area contributed by atoms with Gasteiger partial charge in [-0.3, -0.25) is 4.79 Å². The van der Waals surface area contributed by atoms with Crippen LogP contribution in [0.1, 0.15) is 0 Å². The minimum absolute atomic E-state index is 0.0268. The summed E-state index contributed by atoms with van der Waals surface area (Å²) in [4.78, 5) is 10.2. The highest BCUT2D eigenvalue weighted by Crippen LogP contribution is 2.13. The van der Waals surface area contributed by atoms with E-state index in [0.29, 0.717) is 6.54 Å². The van der Waals surface area contributed by atoms with Crippen molar-refractivity contribution in [2.75, 3.05) is 26.3 Å². The second kappa shape index (κ2) is 5.76. The van der Waals surface area contributed by atoms with Crippen LogP contribution >= 0.6 is 0 Å². The highest BCUT2D eigenvalue weighted by Gasteiger charge is 2.38. The first-order valence-electron chi connectivity index (χ1n) is 3.61. The molecule has 0 unspecified atom stereocenters. The topological polar surface area (TPSA) is 64.3 Å². The summed E-state index contributed by atoms with van der Waals surface area (Å²) in [5.41, 5.74) is 5.05. The van der Waals surface area contributed by atoms with Gasteiger partial charge in [0.15, 0.2) is 0 Å². The van der Waals surface area contributed by atoms with Gasteiger partial charge in [-0.15, -0.1) is 0 Å². The van der Waals surface area contributed by atoms with Crippen LogP contribution in [-0.4, -0.2) is 38.4 Å². The first-order valence-corrected chi connectivity index (χ1v) is 3.61. The van der Waals surface area contributed by atoms with Crippen LogP contribution in [0.25, 0.3) is 0 Å². The molecule has 0 heterocycles. The Morgan fingerprint density at radius 1 is 1.38 bits per heavy atom. The molecule has 0 aromatic carbocycles. The molecule has 0 bridgehead atoms. The molecule has 0 aliphatic rings. The van der Waals surface area contributed by atoms with E-state index >= 15 is 0 Å². The molecule has 3 N–H and O–H groups in total. The van der Waals surface area contributed by atoms with Gasteiger partial charge in [-0.2, -0.15) is 13.2 Å². The van der Waals surface area contributed by atoms with Crippen LogP contribution in [0, 0.1) is 0 Å². The molecule has 0 aliphatic heterocycles. The second-order valence-corrected chi connectivity index (χ2v) is 2.15. The van der Waals surface area contributed by atoms with E-state index in [-0.39, 0.29) is 19.8 Å². The molecule has 4 nitrogen and oxygen atoms in total. The van der Waals surface area contributed by atoms with Crippen molar-refractivity contribution in [1.82, 2.24) is 5.32 Å². The monoisotopic (exact) mass is 200 g/mol. The van der Waals surface area contributed by atoms with E-state index < -0.39 is 12.1 Å². The maximum Gasteiger partial charge on any atom is 0.471 e. The number of alkyl halides is 3. The van der Waals surface area contributed by atoms with Crippen molar-refractivity contribution in [3.05, 3.63) is 0 Å². The summed E-state index contributed by atoms with van der Waals surface area (Å²) in [7, 11) is 0. The molecule has 0 atom stereocenters. The second-order valence-electron chi connectivity index (χ2n) is 2.15. The standard InChI is InChI=1S/C6H11F3N2O2/c7-6(8,9)5(12)11-2-4-13-3-1-10/h1-4,10H2,(H,11,12). The lowest BCUT2D eigenvalue weighted by Gasteiger charge is -2.07. The zero-order valence-electron chi connectivity index (χ0n) is 6.86. The van der Waals surface area contributed by atoms with Crippen molar-refractivity contribution in [3.8, 4) is 0 Å². The Morgan fingerprint density at radius 2 is 2.00 bits per heavy atom. The molecule has 0 saturated carbocycles. The van der Waals surface area contributed by atoms with Crippen molar-refractivity contribution >= 4 is 5.91 Å². The van der Waals surface area contributed by atoms with Crippen molar-refractivity contribution in [1.29, 1.82) is 0 Å². The minimum atomic E-state index is -4.83. The van der Waals surface area contributed by atoms with Crippen molar-refractivity contribution in [2.24, 2.45) is 5.73 Å². The molecule has 0 aromatic heterocycles. The summed E-state index contributed by atoms with van der Waals surface area (Å²) in [6.45, 7) is 0.423. The van der Waals surface area contributed by atoms with Gasteiger partial charge in [0.05, 0.1) is 13.2 Å². The molecule has 0 saturated heterocycles. The number of amides is 1. The molecule has 0 aliphatic carbocycles. The Kier molecular flexibility index (Phi) is 5.40. The van der Waals surface area contributed by atoms with E-state index in [0.717, 1.165) is 0 Å². The summed E-state index contributed by atoms with van der Waals surface area (Å²) >= 11 is 0. The molecular weight excluding hydrogens is 189 g/mol. The van der Waals surface area contributed by atoms with Gasteiger partial charge in [0.2, 0.25) is 0 Å². The van der Waals surface area contributed by atoms with E-state index in [2.05, 4.69) is 0 Å². The summed E-state index contributed by atoms with van der Waals surface area (Å²) in [6.07, 6.45) is -4.83. The largest absolute Gasteiger partial charge is 0.471 e. The van der Waals surface area contributed by atoms with E-state index in [4.69, 9.17) is 10.5 Å². The Bertz CT molecular complexity index is 160. The molecule has 0 radical (unpaired) electrons. The molecule has 0 aromatic rings. The number of hydrogen-bond acceptors (Lipinski definition) is 3. The summed E-state index contributed by atoms with van der Waals surface area (Å²) in [5.74, 6) is -1.95. The number of nitrogens with two attached hydrogens (primary N) is 1. The lowest BCUT2D eigenvalue weighted by Crippen LogP contribution is -2.38. The maximum atomic E-state index is 11.6. The van der Waals surface area contributed by atoms with Crippen LogP contribution in [0.3, 0.4) is 0 Å². The summed E-state index contributed by atoms with van der Waals surface area (Å²) < 4.78 is 39.4. The van der Waals surface area contributed by atoms with Crippen LogP contribution in [0.5, 0.6) is 0 Å². The average Bonchev–Trinajstić information content (AvgIpc) is 2.02. The average molecular weight is 200 g/mol. The van der Waals surface area contributed by atoms with E-state index in [9.17, 15) is 18.0 Å². The third-order valence-electron chi connectivity index (χ3n) is 1.05. The van der Waals surface area contributed by atoms with Crippen LogP contribution < -0.4 is 11.1 Å². The van der Waals surface area contributed by atoms with E-state index in [1.165, 1.54) is 0 Å². The van der Waals surface area contributed by atoms with Crippen molar-refractivity contribution < 1.29 is 22.7 Å². The molecule has 0 fully saturated rings. The Balaban J connectivity index is 3.38. The zero-order chi connectivity index (χ0) is 10.3. The number of halogens is 3. The van der Waals surface area contributed by atoms with Crippen molar-refractivity contribution in [2.45, 2.75) is 6.18 Å². The smallest absolute Gasteiger partial charge is 0.378 e. The molecule has 0 spiro atoms. The van der Waals surface area contributed by atoms with Gasteiger partial charge in [0, 0.05) is 13.1 Å². The maximum absolute atomic E-state index is 11.6. The molecule has 13 heavy (non-hydrogen) atoms. The van der Waals surface area contributed by atoms with Gasteiger partial charge in [-0.1, -0.05) is 0 Å². The van der Waals surface area contributed by atoms with Gasteiger partial charge in [0.25, 0.3) is 0 Å². The lowest BCUT2D eigenvalue weighted by atomic mass is 10.5. The fraction of sp³-hybridized carbons (Fsp3) is 0.833. The highest BCUT2D eigenvalue weighted by molar-refractivity contribution is 5.81. The normalized spacial score (nSPS) is 11.4. The van der Waals surface area contributed by atoms with E-state index in [1.807, 2.05) is 0 Å². The Morgan fingerprint density at radius 3 is 2.46 bits per heavy atom. The number of carbonyl (C=O) groups excluding carboxylic acids is 1. The number of rotatable bonds is 5. The number of ether oxygens (including phenoxy) is 1. The van der Waals surface area contributed by atoms with E-state index in [1.54, 1.807) is 5.32 Å². The lowest BCUT2D eigenvalue weighted by molar-refractivity contribution is -0.173. The third-order valence-corrected chi connectivity index (χ3v) is 1.05. The first kappa shape index (κ1) is 12.2. The van der Waals surface area contributed by atoms with Gasteiger partial charge in [-0.25, -0.2) is 0 Å². The molecule has 1 amide bonds. The van der Waals surface area contributed by atoms with Gasteiger partial charge in [0.1, 0.15) is 0 Å². The zero-order valence-corrected chi connectivity index (χ0v) is 6.86. The third kappa shape index (κ3) is 6.35. The van der Waals surface area contributed by atoms with Crippen LogP contribution in [0.2, 0.25) is 0 Å². The quantitative estimate of drug-likeness (QED) is 0.596. The molecule has 7 heteroatoms. The van der Waals surface area contributed by atoms with Crippen LogP contribution in [0.15, 0.2) is 0 Å². The first-order chi connectivity index (χ1) is 5.98. The van der Waals surface area contributed by atoms with Crippen LogP contribution in [0.4, 0.5) is 13.2 Å². The highest BCUT2D eigenvalue weighted by atomic mass is 19.4. The number of hydrogen-bond donors (Lipinski definition) is 2. The number of nitrogens with one attached hydrogen (secondary N) is 1. The predicted octanol–water partition coefficient (Wildman–Crippen LogP) is -0.360. The molecular formula is C6H11F3N2O2. The Hall–Kier alpha value is -0.820. The SMILES string of the molecule is NCCOCCNC(=O)C(F)(F)F. The fourth-order valence-corrected chi connectivity index (χ4v) is 0.522. The predicted molar refractivity (Wildman–Crippen MR) is 38.9 cm³/mol. The van der Waals surface area contributed by atoms with Gasteiger partial charge < -0.3 is 15.8 Å². The Labute approximate surface area is 73.2 Å². The van der Waals surface area contributed by atoms with Gasteiger partial charge >= 0.3 is 12.1 Å². The summed E-state index contributed by atoms with van der Waals surface area (Å²) in [5, 5.41) is 1.65. The number of carbonyl (C=O) groups is 1. The molecule has 0 rings (SSSR count). The van der Waals surface area contributed by atoms with Crippen molar-refractivity contribution in [3.63, 3.8) is 0 Å². The minimum Gasteiger partial charge on any atom is -0.378 e.